The van der Waals surface area contributed by atoms with Crippen LogP contribution in [0.15, 0.2) is 30.5 Å². The number of hydrogen-bond acceptors (Lipinski definition) is 7. The fraction of sp³-hybridized carbons (Fsp3) is 0.381. The molecule has 0 aliphatic heterocycles. The van der Waals surface area contributed by atoms with E-state index in [1.807, 2.05) is 12.1 Å². The topological polar surface area (TPSA) is 120 Å². The lowest BCUT2D eigenvalue weighted by Crippen LogP contribution is -2.20. The van der Waals surface area contributed by atoms with Gasteiger partial charge < -0.3 is 16.0 Å². The number of anilines is 4. The number of nitriles is 1. The largest absolute Gasteiger partial charge is 0.368 e. The van der Waals surface area contributed by atoms with Crippen molar-refractivity contribution >= 4 is 34.7 Å². The minimum atomic E-state index is 0.00605. The van der Waals surface area contributed by atoms with Crippen LogP contribution in [-0.2, 0) is 4.79 Å². The molecule has 1 fully saturated rings. The summed E-state index contributed by atoms with van der Waals surface area (Å²) >= 11 is 0. The van der Waals surface area contributed by atoms with Gasteiger partial charge in [0.2, 0.25) is 5.91 Å². The molecule has 1 aliphatic rings. The second-order valence-electron chi connectivity index (χ2n) is 8.64. The predicted octanol–water partition coefficient (Wildman–Crippen LogP) is 3.55. The summed E-state index contributed by atoms with van der Waals surface area (Å²) in [6.45, 7) is 7.09. The molecule has 0 spiro atoms. The summed E-state index contributed by atoms with van der Waals surface area (Å²) in [5, 5.41) is 23.3. The highest BCUT2D eigenvalue weighted by molar-refractivity contribution is 5.93. The number of amides is 1. The maximum Gasteiger partial charge on any atom is 0.228 e. The second-order valence-corrected chi connectivity index (χ2v) is 8.64. The SMILES string of the molecule is CC(C)(C)CNc1cc(Nc2cccc(NC(=O)C3CC3)n2)c2ncc(C#N)n2n1. The van der Waals surface area contributed by atoms with Crippen molar-refractivity contribution in [2.75, 3.05) is 22.5 Å². The van der Waals surface area contributed by atoms with E-state index in [2.05, 4.69) is 57.9 Å². The molecule has 1 amide bonds. The first-order valence-electron chi connectivity index (χ1n) is 9.90. The Hall–Kier alpha value is -3.67. The Morgan fingerprint density at radius 1 is 1.27 bits per heavy atom. The van der Waals surface area contributed by atoms with Crippen LogP contribution in [-0.4, -0.2) is 32.0 Å². The summed E-state index contributed by atoms with van der Waals surface area (Å²) in [6.07, 6.45) is 3.36. The Morgan fingerprint density at radius 3 is 2.73 bits per heavy atom. The van der Waals surface area contributed by atoms with Crippen molar-refractivity contribution in [2.45, 2.75) is 33.6 Å². The first-order valence-corrected chi connectivity index (χ1v) is 9.90. The Labute approximate surface area is 174 Å². The van der Waals surface area contributed by atoms with Gasteiger partial charge in [0.25, 0.3) is 0 Å². The summed E-state index contributed by atoms with van der Waals surface area (Å²) in [4.78, 5) is 20.8. The standard InChI is InChI=1S/C21H24N8O/c1-21(2,3)12-24-18-9-15(19-23-11-14(10-22)29(19)28-18)25-16-5-4-6-17(26-16)27-20(30)13-7-8-13/h4-6,9,11,13H,7-8,12H2,1-3H3,(H,24,28)(H2,25,26,27,30). The number of hydrogen-bond donors (Lipinski definition) is 3. The van der Waals surface area contributed by atoms with Gasteiger partial charge in [-0.3, -0.25) is 4.79 Å². The molecule has 3 heterocycles. The van der Waals surface area contributed by atoms with Gasteiger partial charge >= 0.3 is 0 Å². The Morgan fingerprint density at radius 2 is 2.03 bits per heavy atom. The third-order valence-corrected chi connectivity index (χ3v) is 4.59. The minimum absolute atomic E-state index is 0.00605. The number of carbonyl (C=O) groups is 1. The van der Waals surface area contributed by atoms with E-state index in [9.17, 15) is 10.1 Å². The number of fused-ring (bicyclic) bond motifs is 1. The van der Waals surface area contributed by atoms with Gasteiger partial charge in [0.15, 0.2) is 11.3 Å². The predicted molar refractivity (Wildman–Crippen MR) is 115 cm³/mol. The highest BCUT2D eigenvalue weighted by atomic mass is 16.2. The van der Waals surface area contributed by atoms with Crippen LogP contribution in [0.25, 0.3) is 5.65 Å². The van der Waals surface area contributed by atoms with Gasteiger partial charge in [-0.05, 0) is 30.4 Å². The first-order chi connectivity index (χ1) is 14.3. The number of imidazole rings is 1. The molecule has 0 aromatic carbocycles. The molecule has 154 valence electrons. The Kier molecular flexibility index (Phi) is 4.99. The quantitative estimate of drug-likeness (QED) is 0.574. The molecule has 0 radical (unpaired) electrons. The molecular formula is C21H24N8O. The van der Waals surface area contributed by atoms with Crippen LogP contribution in [0.3, 0.4) is 0 Å². The van der Waals surface area contributed by atoms with E-state index in [-0.39, 0.29) is 17.2 Å². The van der Waals surface area contributed by atoms with E-state index in [1.165, 1.54) is 10.7 Å². The maximum absolute atomic E-state index is 12.0. The molecule has 4 rings (SSSR count). The lowest BCUT2D eigenvalue weighted by atomic mass is 9.97. The Bertz CT molecular complexity index is 1130. The highest BCUT2D eigenvalue weighted by Gasteiger charge is 2.29. The molecule has 9 nitrogen and oxygen atoms in total. The van der Waals surface area contributed by atoms with E-state index >= 15 is 0 Å². The first kappa shape index (κ1) is 19.6. The average molecular weight is 404 g/mol. The van der Waals surface area contributed by atoms with Gasteiger partial charge in [-0.25, -0.2) is 9.97 Å². The molecule has 1 saturated carbocycles. The van der Waals surface area contributed by atoms with E-state index in [1.54, 1.807) is 12.1 Å². The summed E-state index contributed by atoms with van der Waals surface area (Å²) in [5.74, 6) is 1.78. The number of nitrogens with one attached hydrogen (secondary N) is 3. The lowest BCUT2D eigenvalue weighted by Gasteiger charge is -2.19. The molecule has 3 N–H and O–H groups in total. The number of pyridine rings is 1. The fourth-order valence-electron chi connectivity index (χ4n) is 2.86. The van der Waals surface area contributed by atoms with Crippen LogP contribution in [0, 0.1) is 22.7 Å². The third kappa shape index (κ3) is 4.49. The van der Waals surface area contributed by atoms with Gasteiger partial charge in [0, 0.05) is 18.5 Å². The van der Waals surface area contributed by atoms with Crippen molar-refractivity contribution in [3.63, 3.8) is 0 Å². The summed E-state index contributed by atoms with van der Waals surface area (Å²) in [7, 11) is 0. The zero-order valence-corrected chi connectivity index (χ0v) is 17.2. The number of nitrogens with zero attached hydrogens (tertiary/aromatic N) is 5. The lowest BCUT2D eigenvalue weighted by molar-refractivity contribution is -0.117. The molecular weight excluding hydrogens is 380 g/mol. The number of aromatic nitrogens is 4. The molecule has 0 saturated heterocycles. The van der Waals surface area contributed by atoms with E-state index in [4.69, 9.17) is 0 Å². The number of rotatable bonds is 6. The van der Waals surface area contributed by atoms with E-state index in [0.29, 0.717) is 41.0 Å². The Balaban J connectivity index is 1.63. The van der Waals surface area contributed by atoms with Gasteiger partial charge in [-0.15, -0.1) is 5.10 Å². The average Bonchev–Trinajstić information content (AvgIpc) is 3.46. The molecule has 30 heavy (non-hydrogen) atoms. The van der Waals surface area contributed by atoms with Crippen LogP contribution in [0.5, 0.6) is 0 Å². The van der Waals surface area contributed by atoms with Gasteiger partial charge in [-0.1, -0.05) is 26.8 Å². The van der Waals surface area contributed by atoms with Crippen molar-refractivity contribution < 1.29 is 4.79 Å². The second kappa shape index (κ2) is 7.63. The van der Waals surface area contributed by atoms with Crippen LogP contribution < -0.4 is 16.0 Å². The van der Waals surface area contributed by atoms with Crippen LogP contribution in [0.1, 0.15) is 39.3 Å². The van der Waals surface area contributed by atoms with Gasteiger partial charge in [0.05, 0.1) is 11.9 Å². The maximum atomic E-state index is 12.0. The van der Waals surface area contributed by atoms with Gasteiger partial charge in [-0.2, -0.15) is 9.78 Å². The zero-order chi connectivity index (χ0) is 21.3. The molecule has 3 aromatic rings. The van der Waals surface area contributed by atoms with Gasteiger partial charge in [0.1, 0.15) is 23.5 Å². The molecule has 0 atom stereocenters. The van der Waals surface area contributed by atoms with Crippen molar-refractivity contribution in [3.05, 3.63) is 36.2 Å². The molecule has 0 bridgehead atoms. The molecule has 0 unspecified atom stereocenters. The third-order valence-electron chi connectivity index (χ3n) is 4.59. The summed E-state index contributed by atoms with van der Waals surface area (Å²) in [6, 6.07) is 9.33. The smallest absolute Gasteiger partial charge is 0.228 e. The highest BCUT2D eigenvalue weighted by Crippen LogP contribution is 2.30. The molecule has 1 aliphatic carbocycles. The van der Waals surface area contributed by atoms with Crippen molar-refractivity contribution in [2.24, 2.45) is 11.3 Å². The van der Waals surface area contributed by atoms with Crippen LogP contribution in [0.2, 0.25) is 0 Å². The zero-order valence-electron chi connectivity index (χ0n) is 17.2. The van der Waals surface area contributed by atoms with Crippen molar-refractivity contribution in [3.8, 4) is 6.07 Å². The fourth-order valence-corrected chi connectivity index (χ4v) is 2.86. The van der Waals surface area contributed by atoms with E-state index in [0.717, 1.165) is 12.8 Å². The summed E-state index contributed by atoms with van der Waals surface area (Å²) in [5.41, 5.74) is 1.57. The van der Waals surface area contributed by atoms with E-state index < -0.39 is 0 Å². The monoisotopic (exact) mass is 404 g/mol. The van der Waals surface area contributed by atoms with Crippen molar-refractivity contribution in [1.29, 1.82) is 5.26 Å². The minimum Gasteiger partial charge on any atom is -0.368 e. The van der Waals surface area contributed by atoms with Crippen LogP contribution >= 0.6 is 0 Å². The normalized spacial score (nSPS) is 13.7. The number of carbonyl (C=O) groups excluding carboxylic acids is 1. The molecule has 9 heteroatoms. The summed E-state index contributed by atoms with van der Waals surface area (Å²) < 4.78 is 1.51. The van der Waals surface area contributed by atoms with Crippen LogP contribution in [0.4, 0.5) is 23.1 Å². The van der Waals surface area contributed by atoms with Crippen molar-refractivity contribution in [1.82, 2.24) is 19.6 Å². The molecule has 3 aromatic heterocycles.